The quantitative estimate of drug-likeness (QED) is 0.919. The summed E-state index contributed by atoms with van der Waals surface area (Å²) in [6.07, 6.45) is 2.39. The molecule has 1 saturated heterocycles. The van der Waals surface area contributed by atoms with E-state index in [2.05, 4.69) is 32.7 Å². The maximum Gasteiger partial charge on any atom is 0.0495 e. The van der Waals surface area contributed by atoms with Crippen LogP contribution in [0.4, 0.5) is 0 Å². The second-order valence-electron chi connectivity index (χ2n) is 3.94. The topological polar surface area (TPSA) is 21.3 Å². The highest BCUT2D eigenvalue weighted by Crippen LogP contribution is 2.34. The van der Waals surface area contributed by atoms with Crippen molar-refractivity contribution in [1.82, 2.24) is 5.32 Å². The van der Waals surface area contributed by atoms with Crippen LogP contribution in [-0.2, 0) is 4.74 Å². The Morgan fingerprint density at radius 2 is 2.60 bits per heavy atom. The molecular weight excluding hydrogens is 274 g/mol. The number of rotatable bonds is 4. The van der Waals surface area contributed by atoms with E-state index in [0.29, 0.717) is 6.04 Å². The monoisotopic (exact) mass is 289 g/mol. The Morgan fingerprint density at radius 3 is 3.13 bits per heavy atom. The third-order valence-corrected chi connectivity index (χ3v) is 4.89. The molecule has 0 saturated carbocycles. The first-order chi connectivity index (χ1) is 7.31. The Balaban J connectivity index is 2.00. The lowest BCUT2D eigenvalue weighted by atomic mass is 9.98. The number of hydrogen-bond acceptors (Lipinski definition) is 3. The molecule has 1 N–H and O–H groups in total. The van der Waals surface area contributed by atoms with Gasteiger partial charge in [0.25, 0.3) is 0 Å². The standard InChI is InChI=1S/C11H16BrNOS/c1-13-10(6-8-2-4-14-7-8)11-9(12)3-5-15-11/h3,5,8,10,13H,2,4,6-7H2,1H3. The molecule has 1 fully saturated rings. The van der Waals surface area contributed by atoms with Gasteiger partial charge in [0.15, 0.2) is 0 Å². The molecule has 0 spiro atoms. The van der Waals surface area contributed by atoms with Crippen LogP contribution in [0.15, 0.2) is 15.9 Å². The van der Waals surface area contributed by atoms with Gasteiger partial charge in [0.05, 0.1) is 0 Å². The van der Waals surface area contributed by atoms with Crippen molar-refractivity contribution >= 4 is 27.3 Å². The summed E-state index contributed by atoms with van der Waals surface area (Å²) in [6, 6.07) is 2.58. The zero-order valence-corrected chi connectivity index (χ0v) is 11.2. The molecule has 2 unspecified atom stereocenters. The van der Waals surface area contributed by atoms with E-state index < -0.39 is 0 Å². The van der Waals surface area contributed by atoms with E-state index in [4.69, 9.17) is 4.74 Å². The molecule has 2 atom stereocenters. The van der Waals surface area contributed by atoms with E-state index in [1.807, 2.05) is 18.4 Å². The molecule has 2 nitrogen and oxygen atoms in total. The fraction of sp³-hybridized carbons (Fsp3) is 0.636. The second-order valence-corrected chi connectivity index (χ2v) is 5.74. The van der Waals surface area contributed by atoms with Crippen molar-refractivity contribution in [2.75, 3.05) is 20.3 Å². The minimum absolute atomic E-state index is 0.464. The van der Waals surface area contributed by atoms with Gasteiger partial charge < -0.3 is 10.1 Å². The van der Waals surface area contributed by atoms with Gasteiger partial charge >= 0.3 is 0 Å². The van der Waals surface area contributed by atoms with Gasteiger partial charge in [0, 0.05) is 28.6 Å². The minimum Gasteiger partial charge on any atom is -0.381 e. The highest BCUT2D eigenvalue weighted by molar-refractivity contribution is 9.10. The van der Waals surface area contributed by atoms with Crippen LogP contribution in [0.1, 0.15) is 23.8 Å². The van der Waals surface area contributed by atoms with Gasteiger partial charge in [-0.3, -0.25) is 0 Å². The normalized spacial score (nSPS) is 23.2. The third kappa shape index (κ3) is 2.81. The minimum atomic E-state index is 0.464. The van der Waals surface area contributed by atoms with Crippen LogP contribution in [0, 0.1) is 5.92 Å². The van der Waals surface area contributed by atoms with Crippen LogP contribution in [0.5, 0.6) is 0 Å². The molecule has 0 amide bonds. The van der Waals surface area contributed by atoms with Crippen molar-refractivity contribution in [3.63, 3.8) is 0 Å². The van der Waals surface area contributed by atoms with Crippen LogP contribution in [-0.4, -0.2) is 20.3 Å². The zero-order valence-electron chi connectivity index (χ0n) is 8.83. The van der Waals surface area contributed by atoms with Crippen LogP contribution in [0.25, 0.3) is 0 Å². The predicted molar refractivity (Wildman–Crippen MR) is 67.4 cm³/mol. The molecule has 0 bridgehead atoms. The Morgan fingerprint density at radius 1 is 1.73 bits per heavy atom. The van der Waals surface area contributed by atoms with Gasteiger partial charge in [0.1, 0.15) is 0 Å². The van der Waals surface area contributed by atoms with Crippen molar-refractivity contribution in [2.24, 2.45) is 5.92 Å². The third-order valence-electron chi connectivity index (χ3n) is 2.90. The van der Waals surface area contributed by atoms with Crippen LogP contribution in [0.3, 0.4) is 0 Å². The van der Waals surface area contributed by atoms with E-state index in [1.54, 1.807) is 0 Å². The molecule has 0 aromatic carbocycles. The van der Waals surface area contributed by atoms with E-state index in [1.165, 1.54) is 22.2 Å². The molecule has 84 valence electrons. The fourth-order valence-corrected chi connectivity index (χ4v) is 3.79. The highest BCUT2D eigenvalue weighted by atomic mass is 79.9. The van der Waals surface area contributed by atoms with Crippen molar-refractivity contribution in [3.05, 3.63) is 20.8 Å². The molecule has 1 aliphatic rings. The van der Waals surface area contributed by atoms with Gasteiger partial charge in [-0.15, -0.1) is 11.3 Å². The number of nitrogens with one attached hydrogen (secondary N) is 1. The predicted octanol–water partition coefficient (Wildman–Crippen LogP) is 3.20. The summed E-state index contributed by atoms with van der Waals surface area (Å²) in [5, 5.41) is 5.53. The Bertz CT molecular complexity index is 309. The summed E-state index contributed by atoms with van der Waals surface area (Å²) in [5.74, 6) is 0.719. The highest BCUT2D eigenvalue weighted by Gasteiger charge is 2.22. The molecule has 1 aromatic rings. The molecule has 1 aliphatic heterocycles. The average molecular weight is 290 g/mol. The van der Waals surface area contributed by atoms with Crippen LogP contribution >= 0.6 is 27.3 Å². The van der Waals surface area contributed by atoms with Crippen LogP contribution in [0.2, 0.25) is 0 Å². The summed E-state index contributed by atoms with van der Waals surface area (Å²) in [4.78, 5) is 1.41. The smallest absolute Gasteiger partial charge is 0.0495 e. The van der Waals surface area contributed by atoms with E-state index in [0.717, 1.165) is 19.1 Å². The first kappa shape index (κ1) is 11.6. The summed E-state index contributed by atoms with van der Waals surface area (Å²) in [7, 11) is 2.03. The molecule has 15 heavy (non-hydrogen) atoms. The van der Waals surface area contributed by atoms with Gasteiger partial charge in [-0.05, 0) is 53.2 Å². The van der Waals surface area contributed by atoms with Crippen molar-refractivity contribution < 1.29 is 4.74 Å². The lowest BCUT2D eigenvalue weighted by molar-refractivity contribution is 0.182. The Labute approximate surface area is 103 Å². The summed E-state index contributed by atoms with van der Waals surface area (Å²) in [6.45, 7) is 1.87. The number of halogens is 1. The van der Waals surface area contributed by atoms with Crippen LogP contribution < -0.4 is 5.32 Å². The molecule has 4 heteroatoms. The van der Waals surface area contributed by atoms with Crippen molar-refractivity contribution in [3.8, 4) is 0 Å². The van der Waals surface area contributed by atoms with Gasteiger partial charge in [-0.25, -0.2) is 0 Å². The molecule has 0 aliphatic carbocycles. The molecule has 1 aromatic heterocycles. The Hall–Kier alpha value is 0.100. The summed E-state index contributed by atoms with van der Waals surface area (Å²) < 4.78 is 6.64. The van der Waals surface area contributed by atoms with E-state index >= 15 is 0 Å². The number of thiophene rings is 1. The maximum absolute atomic E-state index is 5.41. The summed E-state index contributed by atoms with van der Waals surface area (Å²) >= 11 is 5.41. The molecule has 2 heterocycles. The average Bonchev–Trinajstić information content (AvgIpc) is 2.85. The maximum atomic E-state index is 5.41. The zero-order chi connectivity index (χ0) is 10.7. The van der Waals surface area contributed by atoms with Gasteiger partial charge in [-0.1, -0.05) is 0 Å². The second kappa shape index (κ2) is 5.43. The first-order valence-corrected chi connectivity index (χ1v) is 6.96. The Kier molecular flexibility index (Phi) is 4.20. The van der Waals surface area contributed by atoms with Crippen molar-refractivity contribution in [1.29, 1.82) is 0 Å². The first-order valence-electron chi connectivity index (χ1n) is 5.29. The van der Waals surface area contributed by atoms with E-state index in [9.17, 15) is 0 Å². The molecule has 0 radical (unpaired) electrons. The summed E-state index contributed by atoms with van der Waals surface area (Å²) in [5.41, 5.74) is 0. The van der Waals surface area contributed by atoms with E-state index in [-0.39, 0.29) is 0 Å². The molecular formula is C11H16BrNOS. The largest absolute Gasteiger partial charge is 0.381 e. The SMILES string of the molecule is CNC(CC1CCOC1)c1sccc1Br. The molecule has 2 rings (SSSR count). The lowest BCUT2D eigenvalue weighted by Crippen LogP contribution is -2.19. The lowest BCUT2D eigenvalue weighted by Gasteiger charge is -2.18. The number of hydrogen-bond donors (Lipinski definition) is 1. The van der Waals surface area contributed by atoms with Gasteiger partial charge in [-0.2, -0.15) is 0 Å². The number of ether oxygens (including phenoxy) is 1. The van der Waals surface area contributed by atoms with Gasteiger partial charge in [0.2, 0.25) is 0 Å². The fourth-order valence-electron chi connectivity index (χ4n) is 2.01. The van der Waals surface area contributed by atoms with Crippen molar-refractivity contribution in [2.45, 2.75) is 18.9 Å².